The van der Waals surface area contributed by atoms with Gasteiger partial charge in [0.25, 0.3) is 0 Å². The molecule has 9 heteroatoms. The summed E-state index contributed by atoms with van der Waals surface area (Å²) in [5.41, 5.74) is 5.68. The highest BCUT2D eigenvalue weighted by atomic mass is 32.2. The summed E-state index contributed by atoms with van der Waals surface area (Å²) < 4.78 is 33.3. The highest BCUT2D eigenvalue weighted by Gasteiger charge is 2.32. The van der Waals surface area contributed by atoms with E-state index >= 15 is 0 Å². The van der Waals surface area contributed by atoms with E-state index in [1.807, 2.05) is 0 Å². The van der Waals surface area contributed by atoms with Gasteiger partial charge in [0.2, 0.25) is 15.9 Å². The maximum atomic E-state index is 12.7. The number of nitrogens with zero attached hydrogens (tertiary/aromatic N) is 2. The maximum Gasteiger partial charge on any atom is 0.224 e. The largest absolute Gasteiger partial charge is 0.378 e. The summed E-state index contributed by atoms with van der Waals surface area (Å²) in [6.45, 7) is 8.01. The molecule has 1 amide bonds. The Bertz CT molecular complexity index is 526. The van der Waals surface area contributed by atoms with E-state index in [1.165, 1.54) is 0 Å². The van der Waals surface area contributed by atoms with Crippen LogP contribution in [-0.4, -0.2) is 87.4 Å². The molecule has 0 spiro atoms. The van der Waals surface area contributed by atoms with E-state index in [2.05, 4.69) is 23.5 Å². The van der Waals surface area contributed by atoms with E-state index in [1.54, 1.807) is 4.90 Å². The van der Waals surface area contributed by atoms with E-state index in [0.29, 0.717) is 32.3 Å². The summed E-state index contributed by atoms with van der Waals surface area (Å²) in [4.78, 5) is 16.3. The van der Waals surface area contributed by atoms with Gasteiger partial charge in [0.05, 0.1) is 18.5 Å². The predicted molar refractivity (Wildman–Crippen MR) is 96.6 cm³/mol. The predicted octanol–water partition coefficient (Wildman–Crippen LogP) is -0.645. The van der Waals surface area contributed by atoms with Gasteiger partial charge in [-0.3, -0.25) is 4.79 Å². The molecule has 25 heavy (non-hydrogen) atoms. The molecule has 3 N–H and O–H groups in total. The minimum atomic E-state index is -3.62. The van der Waals surface area contributed by atoms with Crippen LogP contribution in [0.5, 0.6) is 0 Å². The second-order valence-electron chi connectivity index (χ2n) is 7.12. The average molecular weight is 377 g/mol. The summed E-state index contributed by atoms with van der Waals surface area (Å²) in [7, 11) is -3.62. The minimum absolute atomic E-state index is 0.0593. The van der Waals surface area contributed by atoms with Crippen molar-refractivity contribution in [2.24, 2.45) is 5.73 Å². The molecule has 2 fully saturated rings. The zero-order valence-electron chi connectivity index (χ0n) is 15.3. The Morgan fingerprint density at radius 2 is 1.80 bits per heavy atom. The first-order valence-electron chi connectivity index (χ1n) is 9.14. The molecule has 0 aromatic heterocycles. The number of hydrogen-bond acceptors (Lipinski definition) is 6. The van der Waals surface area contributed by atoms with Crippen LogP contribution in [0, 0.1) is 0 Å². The molecule has 2 aliphatic rings. The van der Waals surface area contributed by atoms with Gasteiger partial charge >= 0.3 is 0 Å². The molecule has 1 atom stereocenters. The number of rotatable bonds is 7. The topological polar surface area (TPSA) is 105 Å². The molecule has 0 radical (unpaired) electrons. The third-order valence-electron chi connectivity index (χ3n) is 5.06. The van der Waals surface area contributed by atoms with Crippen LogP contribution in [0.4, 0.5) is 0 Å². The Labute approximate surface area is 151 Å². The number of sulfonamides is 1. The van der Waals surface area contributed by atoms with E-state index in [-0.39, 0.29) is 24.9 Å². The number of morpholine rings is 1. The summed E-state index contributed by atoms with van der Waals surface area (Å²) in [6.07, 6.45) is 1.49. The van der Waals surface area contributed by atoms with Gasteiger partial charge in [-0.15, -0.1) is 0 Å². The number of amides is 1. The van der Waals surface area contributed by atoms with Crippen molar-refractivity contribution in [1.82, 2.24) is 14.5 Å². The van der Waals surface area contributed by atoms with Crippen LogP contribution >= 0.6 is 0 Å². The summed E-state index contributed by atoms with van der Waals surface area (Å²) in [5, 5.41) is -0.883. The number of hydrogen-bond donors (Lipinski definition) is 2. The molecule has 0 aromatic carbocycles. The van der Waals surface area contributed by atoms with Crippen LogP contribution in [0.15, 0.2) is 0 Å². The molecule has 0 aromatic rings. The fourth-order valence-corrected chi connectivity index (χ4v) is 4.83. The molecule has 8 nitrogen and oxygen atoms in total. The zero-order chi connectivity index (χ0) is 18.4. The van der Waals surface area contributed by atoms with Gasteiger partial charge in [-0.25, -0.2) is 13.1 Å². The Morgan fingerprint density at radius 3 is 2.32 bits per heavy atom. The molecule has 146 valence electrons. The van der Waals surface area contributed by atoms with Crippen LogP contribution < -0.4 is 10.5 Å². The third-order valence-corrected chi connectivity index (χ3v) is 6.96. The lowest BCUT2D eigenvalue weighted by Crippen LogP contribution is -2.51. The van der Waals surface area contributed by atoms with Gasteiger partial charge in [-0.2, -0.15) is 0 Å². The number of likely N-dealkylation sites (tertiary alicyclic amines) is 1. The summed E-state index contributed by atoms with van der Waals surface area (Å²) in [5.74, 6) is -0.168. The first-order chi connectivity index (χ1) is 11.8. The van der Waals surface area contributed by atoms with E-state index in [4.69, 9.17) is 10.5 Å². The van der Waals surface area contributed by atoms with Gasteiger partial charge in [0.1, 0.15) is 0 Å². The van der Waals surface area contributed by atoms with Crippen molar-refractivity contribution in [3.63, 3.8) is 0 Å². The average Bonchev–Trinajstić information content (AvgIpc) is 2.60. The van der Waals surface area contributed by atoms with Gasteiger partial charge in [0.15, 0.2) is 0 Å². The first kappa shape index (κ1) is 20.6. The summed E-state index contributed by atoms with van der Waals surface area (Å²) >= 11 is 0. The molecule has 2 rings (SSSR count). The zero-order valence-corrected chi connectivity index (χ0v) is 16.1. The molecule has 2 heterocycles. The minimum Gasteiger partial charge on any atom is -0.378 e. The molecule has 2 aliphatic heterocycles. The number of ether oxygens (including phenoxy) is 1. The molecule has 0 saturated carbocycles. The van der Waals surface area contributed by atoms with Crippen molar-refractivity contribution in [1.29, 1.82) is 0 Å². The van der Waals surface area contributed by atoms with Gasteiger partial charge in [-0.05, 0) is 39.8 Å². The maximum absolute atomic E-state index is 12.7. The molecule has 1 unspecified atom stereocenters. The first-order valence-corrected chi connectivity index (χ1v) is 10.7. The van der Waals surface area contributed by atoms with Crippen molar-refractivity contribution >= 4 is 15.9 Å². The standard InChI is InChI=1S/C16H32N4O4S/c1-13(2)19-5-3-14(4-6-19)18-25(22,23)15(12-17)11-16(21)20-7-9-24-10-8-20/h13-15,18H,3-12,17H2,1-2H3. The van der Waals surface area contributed by atoms with E-state index in [0.717, 1.165) is 25.9 Å². The fourth-order valence-electron chi connectivity index (χ4n) is 3.32. The van der Waals surface area contributed by atoms with Crippen molar-refractivity contribution in [3.05, 3.63) is 0 Å². The second-order valence-corrected chi connectivity index (χ2v) is 9.11. The fraction of sp³-hybridized carbons (Fsp3) is 0.938. The monoisotopic (exact) mass is 376 g/mol. The molecule has 2 saturated heterocycles. The number of nitrogens with one attached hydrogen (secondary N) is 1. The van der Waals surface area contributed by atoms with Gasteiger partial charge in [0, 0.05) is 38.1 Å². The Morgan fingerprint density at radius 1 is 1.20 bits per heavy atom. The molecule has 0 bridgehead atoms. The molecular formula is C16H32N4O4S. The van der Waals surface area contributed by atoms with Gasteiger partial charge in [-0.1, -0.05) is 0 Å². The van der Waals surface area contributed by atoms with Crippen LogP contribution in [0.2, 0.25) is 0 Å². The number of carbonyl (C=O) groups excluding carboxylic acids is 1. The van der Waals surface area contributed by atoms with Crippen molar-refractivity contribution in [2.75, 3.05) is 45.9 Å². The quantitative estimate of drug-likeness (QED) is 0.612. The summed E-state index contributed by atoms with van der Waals surface area (Å²) in [6, 6.07) is 0.396. The van der Waals surface area contributed by atoms with Crippen LogP contribution in [0.25, 0.3) is 0 Å². The van der Waals surface area contributed by atoms with Crippen LogP contribution in [0.1, 0.15) is 33.1 Å². The van der Waals surface area contributed by atoms with E-state index in [9.17, 15) is 13.2 Å². The lowest BCUT2D eigenvalue weighted by molar-refractivity contribution is -0.135. The van der Waals surface area contributed by atoms with Crippen molar-refractivity contribution in [2.45, 2.75) is 50.4 Å². The Hall–Kier alpha value is -0.740. The molecule has 0 aliphatic carbocycles. The third kappa shape index (κ3) is 5.89. The second kappa shape index (κ2) is 9.27. The van der Waals surface area contributed by atoms with E-state index < -0.39 is 15.3 Å². The van der Waals surface area contributed by atoms with Crippen molar-refractivity contribution < 1.29 is 17.9 Å². The van der Waals surface area contributed by atoms with Crippen LogP contribution in [-0.2, 0) is 19.6 Å². The Balaban J connectivity index is 1.88. The lowest BCUT2D eigenvalue weighted by Gasteiger charge is -2.35. The number of carbonyl (C=O) groups is 1. The lowest BCUT2D eigenvalue weighted by atomic mass is 10.1. The normalized spacial score (nSPS) is 22.3. The Kier molecular flexibility index (Phi) is 7.63. The highest BCUT2D eigenvalue weighted by molar-refractivity contribution is 7.90. The van der Waals surface area contributed by atoms with Crippen molar-refractivity contribution in [3.8, 4) is 0 Å². The SMILES string of the molecule is CC(C)N1CCC(NS(=O)(=O)C(CN)CC(=O)N2CCOCC2)CC1. The van der Waals surface area contributed by atoms with Gasteiger partial charge < -0.3 is 20.3 Å². The smallest absolute Gasteiger partial charge is 0.224 e. The number of piperidine rings is 1. The van der Waals surface area contributed by atoms with Crippen LogP contribution in [0.3, 0.4) is 0 Å². The molecular weight excluding hydrogens is 344 g/mol. The number of nitrogens with two attached hydrogens (primary N) is 1. The highest BCUT2D eigenvalue weighted by Crippen LogP contribution is 2.16.